The van der Waals surface area contributed by atoms with Crippen LogP contribution in [0.4, 0.5) is 0 Å². The van der Waals surface area contributed by atoms with Crippen molar-refractivity contribution in [3.63, 3.8) is 0 Å². The molecule has 128 valence electrons. The molecule has 1 aliphatic rings. The van der Waals surface area contributed by atoms with Gasteiger partial charge in [0.15, 0.2) is 6.29 Å². The van der Waals surface area contributed by atoms with Gasteiger partial charge in [-0.3, -0.25) is 0 Å². The monoisotopic (exact) mass is 322 g/mol. The maximum atomic E-state index is 11.3. The molecule has 0 amide bonds. The third-order valence-electron chi connectivity index (χ3n) is 3.80. The molecule has 0 aromatic heterocycles. The number of carbonyl (C=O) groups excluding carboxylic acids is 1. The molecule has 0 N–H and O–H groups in total. The molecule has 1 fully saturated rings. The number of aryl methyl sites for hydroxylation is 1. The van der Waals surface area contributed by atoms with Gasteiger partial charge < -0.3 is 18.9 Å². The zero-order valence-corrected chi connectivity index (χ0v) is 13.8. The van der Waals surface area contributed by atoms with E-state index in [1.54, 1.807) is 12.1 Å². The van der Waals surface area contributed by atoms with Gasteiger partial charge in [0.1, 0.15) is 0 Å². The first-order valence-corrected chi connectivity index (χ1v) is 8.28. The highest BCUT2D eigenvalue weighted by molar-refractivity contribution is 5.89. The highest BCUT2D eigenvalue weighted by atomic mass is 16.7. The van der Waals surface area contributed by atoms with Gasteiger partial charge in [-0.05, 0) is 49.8 Å². The molecular formula is C18H26O5. The molecule has 5 heteroatoms. The van der Waals surface area contributed by atoms with Crippen molar-refractivity contribution in [1.82, 2.24) is 0 Å². The van der Waals surface area contributed by atoms with E-state index in [0.717, 1.165) is 32.3 Å². The largest absolute Gasteiger partial charge is 0.465 e. The average molecular weight is 322 g/mol. The second-order valence-electron chi connectivity index (χ2n) is 5.57. The van der Waals surface area contributed by atoms with Crippen LogP contribution in [0.2, 0.25) is 0 Å². The number of methoxy groups -OCH3 is 1. The zero-order valence-electron chi connectivity index (χ0n) is 13.8. The van der Waals surface area contributed by atoms with Crippen LogP contribution in [0.3, 0.4) is 0 Å². The third kappa shape index (κ3) is 6.69. The average Bonchev–Trinajstić information content (AvgIpc) is 2.61. The van der Waals surface area contributed by atoms with E-state index in [4.69, 9.17) is 14.2 Å². The van der Waals surface area contributed by atoms with E-state index in [2.05, 4.69) is 4.74 Å². The Balaban J connectivity index is 1.50. The minimum absolute atomic E-state index is 0.0410. The fraction of sp³-hybridized carbons (Fsp3) is 0.611. The molecule has 1 aromatic carbocycles. The number of benzene rings is 1. The number of esters is 1. The molecule has 5 nitrogen and oxygen atoms in total. The van der Waals surface area contributed by atoms with Crippen molar-refractivity contribution in [2.75, 3.05) is 33.5 Å². The maximum Gasteiger partial charge on any atom is 0.337 e. The minimum atomic E-state index is -0.304. The number of hydrogen-bond donors (Lipinski definition) is 0. The predicted molar refractivity (Wildman–Crippen MR) is 86.5 cm³/mol. The Bertz CT molecular complexity index is 451. The van der Waals surface area contributed by atoms with Gasteiger partial charge in [0, 0.05) is 13.2 Å². The fourth-order valence-electron chi connectivity index (χ4n) is 2.49. The number of ether oxygens (including phenoxy) is 4. The summed E-state index contributed by atoms with van der Waals surface area (Å²) in [5, 5.41) is 0. The molecule has 1 aliphatic heterocycles. The van der Waals surface area contributed by atoms with Crippen LogP contribution in [0.5, 0.6) is 0 Å². The SMILES string of the molecule is COC(=O)c1ccc(CCCOCCOC2CCCCO2)cc1. The Hall–Kier alpha value is -1.43. The smallest absolute Gasteiger partial charge is 0.337 e. The molecule has 0 aliphatic carbocycles. The molecular weight excluding hydrogens is 296 g/mol. The summed E-state index contributed by atoms with van der Waals surface area (Å²) in [6.45, 7) is 2.69. The first kappa shape index (κ1) is 17.9. The summed E-state index contributed by atoms with van der Waals surface area (Å²) in [5.74, 6) is -0.304. The summed E-state index contributed by atoms with van der Waals surface area (Å²) in [5.41, 5.74) is 1.77. The summed E-state index contributed by atoms with van der Waals surface area (Å²) < 4.78 is 21.3. The van der Waals surface area contributed by atoms with Crippen LogP contribution in [0.1, 0.15) is 41.6 Å². The van der Waals surface area contributed by atoms with Crippen molar-refractivity contribution in [2.24, 2.45) is 0 Å². The van der Waals surface area contributed by atoms with E-state index in [-0.39, 0.29) is 12.3 Å². The fourth-order valence-corrected chi connectivity index (χ4v) is 2.49. The van der Waals surface area contributed by atoms with Gasteiger partial charge in [-0.25, -0.2) is 4.79 Å². The first-order chi connectivity index (χ1) is 11.3. The number of carbonyl (C=O) groups is 1. The van der Waals surface area contributed by atoms with Gasteiger partial charge in [0.05, 0.1) is 25.9 Å². The van der Waals surface area contributed by atoms with Crippen LogP contribution >= 0.6 is 0 Å². The summed E-state index contributed by atoms with van der Waals surface area (Å²) in [6.07, 6.45) is 5.13. The lowest BCUT2D eigenvalue weighted by atomic mass is 10.1. The van der Waals surface area contributed by atoms with Crippen LogP contribution in [-0.2, 0) is 25.4 Å². The van der Waals surface area contributed by atoms with E-state index < -0.39 is 0 Å². The predicted octanol–water partition coefficient (Wildman–Crippen LogP) is 2.97. The molecule has 23 heavy (non-hydrogen) atoms. The van der Waals surface area contributed by atoms with Crippen molar-refractivity contribution in [3.8, 4) is 0 Å². The van der Waals surface area contributed by atoms with Gasteiger partial charge >= 0.3 is 5.97 Å². The molecule has 1 atom stereocenters. The minimum Gasteiger partial charge on any atom is -0.465 e. The number of hydrogen-bond acceptors (Lipinski definition) is 5. The Morgan fingerprint density at radius 3 is 2.70 bits per heavy atom. The van der Waals surface area contributed by atoms with Crippen molar-refractivity contribution < 1.29 is 23.7 Å². The van der Waals surface area contributed by atoms with Gasteiger partial charge in [-0.15, -0.1) is 0 Å². The normalized spacial score (nSPS) is 17.9. The van der Waals surface area contributed by atoms with Crippen molar-refractivity contribution >= 4 is 5.97 Å². The quantitative estimate of drug-likeness (QED) is 0.517. The van der Waals surface area contributed by atoms with Crippen molar-refractivity contribution in [1.29, 1.82) is 0 Å². The molecule has 1 unspecified atom stereocenters. The maximum absolute atomic E-state index is 11.3. The molecule has 0 bridgehead atoms. The zero-order chi connectivity index (χ0) is 16.3. The first-order valence-electron chi connectivity index (χ1n) is 8.28. The van der Waals surface area contributed by atoms with Crippen LogP contribution in [0.25, 0.3) is 0 Å². The lowest BCUT2D eigenvalue weighted by Gasteiger charge is -2.22. The van der Waals surface area contributed by atoms with Gasteiger partial charge in [-0.2, -0.15) is 0 Å². The van der Waals surface area contributed by atoms with E-state index in [1.165, 1.54) is 19.1 Å². The molecule has 1 aromatic rings. The summed E-state index contributed by atoms with van der Waals surface area (Å²) in [4.78, 5) is 11.3. The second-order valence-corrected chi connectivity index (χ2v) is 5.57. The highest BCUT2D eigenvalue weighted by Crippen LogP contribution is 2.13. The highest BCUT2D eigenvalue weighted by Gasteiger charge is 2.13. The van der Waals surface area contributed by atoms with Crippen LogP contribution in [0, 0.1) is 0 Å². The van der Waals surface area contributed by atoms with E-state index in [9.17, 15) is 4.79 Å². The molecule has 1 saturated heterocycles. The lowest BCUT2D eigenvalue weighted by Crippen LogP contribution is -2.24. The number of rotatable bonds is 9. The van der Waals surface area contributed by atoms with E-state index >= 15 is 0 Å². The van der Waals surface area contributed by atoms with Gasteiger partial charge in [-0.1, -0.05) is 12.1 Å². The van der Waals surface area contributed by atoms with Gasteiger partial charge in [0.25, 0.3) is 0 Å². The summed E-state index contributed by atoms with van der Waals surface area (Å²) in [7, 11) is 1.39. The molecule has 2 rings (SSSR count). The van der Waals surface area contributed by atoms with E-state index in [1.807, 2.05) is 12.1 Å². The van der Waals surface area contributed by atoms with Crippen LogP contribution in [0.15, 0.2) is 24.3 Å². The van der Waals surface area contributed by atoms with Crippen LogP contribution < -0.4 is 0 Å². The van der Waals surface area contributed by atoms with Crippen molar-refractivity contribution in [2.45, 2.75) is 38.4 Å². The molecule has 0 radical (unpaired) electrons. The van der Waals surface area contributed by atoms with Crippen molar-refractivity contribution in [3.05, 3.63) is 35.4 Å². The lowest BCUT2D eigenvalue weighted by molar-refractivity contribution is -0.169. The summed E-state index contributed by atoms with van der Waals surface area (Å²) >= 11 is 0. The molecule has 0 saturated carbocycles. The molecule has 1 heterocycles. The molecule has 0 spiro atoms. The third-order valence-corrected chi connectivity index (χ3v) is 3.80. The Morgan fingerprint density at radius 1 is 1.17 bits per heavy atom. The Kier molecular flexibility index (Phi) is 8.07. The summed E-state index contributed by atoms with van der Waals surface area (Å²) in [6, 6.07) is 7.49. The van der Waals surface area contributed by atoms with Gasteiger partial charge in [0.2, 0.25) is 0 Å². The second kappa shape index (κ2) is 10.4. The Labute approximate surface area is 137 Å². The van der Waals surface area contributed by atoms with Crippen LogP contribution in [-0.4, -0.2) is 45.8 Å². The topological polar surface area (TPSA) is 54.0 Å². The standard InChI is InChI=1S/C18H26O5/c1-20-18(19)16-9-7-15(8-10-16)5-4-11-21-13-14-23-17-6-2-3-12-22-17/h7-10,17H,2-6,11-14H2,1H3. The van der Waals surface area contributed by atoms with E-state index in [0.29, 0.717) is 25.4 Å². The Morgan fingerprint density at radius 2 is 2.00 bits per heavy atom.